The molecule has 0 saturated carbocycles. The number of hydrogen-bond donors (Lipinski definition) is 2. The molecule has 5 nitrogen and oxygen atoms in total. The summed E-state index contributed by atoms with van der Waals surface area (Å²) in [6.45, 7) is 2.17. The molecule has 1 unspecified atom stereocenters. The van der Waals surface area contributed by atoms with E-state index in [0.29, 0.717) is 25.3 Å². The van der Waals surface area contributed by atoms with Crippen LogP contribution in [0, 0.1) is 5.92 Å². The number of piperidine rings is 1. The van der Waals surface area contributed by atoms with Crippen LogP contribution in [-0.4, -0.2) is 38.7 Å². The predicted octanol–water partition coefficient (Wildman–Crippen LogP) is 3.52. The summed E-state index contributed by atoms with van der Waals surface area (Å²) in [6.07, 6.45) is 12.1. The Labute approximate surface area is 155 Å². The summed E-state index contributed by atoms with van der Waals surface area (Å²) in [5.41, 5.74) is 3.28. The Kier molecular flexibility index (Phi) is 4.96. The number of amides is 1. The maximum atomic E-state index is 12.6. The molecule has 4 rings (SSSR count). The SMILES string of the molecule is O=C(CCCn1c(O)c2c(c1O)CCCC2)N1CCC2CCCC=C2C1. The number of aromatic hydroxyl groups is 2. The third kappa shape index (κ3) is 3.24. The summed E-state index contributed by atoms with van der Waals surface area (Å²) in [6, 6.07) is 0. The highest BCUT2D eigenvalue weighted by atomic mass is 16.3. The fraction of sp³-hybridized carbons (Fsp3) is 0.667. The van der Waals surface area contributed by atoms with Gasteiger partial charge in [-0.15, -0.1) is 0 Å². The zero-order valence-electron chi connectivity index (χ0n) is 15.5. The first kappa shape index (κ1) is 17.5. The normalized spacial score (nSPS) is 22.5. The third-order valence-electron chi connectivity index (χ3n) is 6.45. The Balaban J connectivity index is 1.33. The highest BCUT2D eigenvalue weighted by molar-refractivity contribution is 5.76. The molecule has 1 saturated heterocycles. The van der Waals surface area contributed by atoms with Crippen molar-refractivity contribution in [2.75, 3.05) is 13.1 Å². The van der Waals surface area contributed by atoms with Crippen molar-refractivity contribution in [3.8, 4) is 11.8 Å². The minimum absolute atomic E-state index is 0.200. The summed E-state index contributed by atoms with van der Waals surface area (Å²) in [7, 11) is 0. The quantitative estimate of drug-likeness (QED) is 0.810. The van der Waals surface area contributed by atoms with Gasteiger partial charge in [-0.3, -0.25) is 9.36 Å². The Bertz CT molecular complexity index is 690. The van der Waals surface area contributed by atoms with Gasteiger partial charge < -0.3 is 15.1 Å². The minimum Gasteiger partial charge on any atom is -0.494 e. The van der Waals surface area contributed by atoms with Crippen LogP contribution in [0.25, 0.3) is 0 Å². The van der Waals surface area contributed by atoms with Crippen LogP contribution in [0.5, 0.6) is 11.8 Å². The van der Waals surface area contributed by atoms with Gasteiger partial charge in [0.05, 0.1) is 0 Å². The van der Waals surface area contributed by atoms with Crippen molar-refractivity contribution in [2.24, 2.45) is 5.92 Å². The topological polar surface area (TPSA) is 65.7 Å². The summed E-state index contributed by atoms with van der Waals surface area (Å²) in [5, 5.41) is 20.8. The molecule has 2 aliphatic carbocycles. The molecule has 5 heteroatoms. The van der Waals surface area contributed by atoms with E-state index < -0.39 is 0 Å². The molecule has 0 bridgehead atoms. The van der Waals surface area contributed by atoms with Crippen molar-refractivity contribution < 1.29 is 15.0 Å². The van der Waals surface area contributed by atoms with Crippen LogP contribution in [0.1, 0.15) is 62.5 Å². The number of hydrogen-bond acceptors (Lipinski definition) is 3. The maximum Gasteiger partial charge on any atom is 0.222 e. The minimum atomic E-state index is 0.200. The fourth-order valence-electron chi connectivity index (χ4n) is 4.93. The largest absolute Gasteiger partial charge is 0.494 e. The lowest BCUT2D eigenvalue weighted by Crippen LogP contribution is -2.40. The number of fused-ring (bicyclic) bond motifs is 2. The van der Waals surface area contributed by atoms with Gasteiger partial charge in [0, 0.05) is 37.2 Å². The molecule has 0 radical (unpaired) electrons. The second kappa shape index (κ2) is 7.37. The van der Waals surface area contributed by atoms with Crippen LogP contribution in [0.4, 0.5) is 0 Å². The number of allylic oxidation sites excluding steroid dienone is 1. The van der Waals surface area contributed by atoms with Crippen molar-refractivity contribution in [3.05, 3.63) is 22.8 Å². The van der Waals surface area contributed by atoms with Gasteiger partial charge in [-0.1, -0.05) is 11.6 Å². The van der Waals surface area contributed by atoms with Gasteiger partial charge in [-0.25, -0.2) is 0 Å². The van der Waals surface area contributed by atoms with E-state index in [-0.39, 0.29) is 17.7 Å². The van der Waals surface area contributed by atoms with Gasteiger partial charge in [-0.2, -0.15) is 0 Å². The highest BCUT2D eigenvalue weighted by Gasteiger charge is 2.28. The highest BCUT2D eigenvalue weighted by Crippen LogP contribution is 2.39. The number of nitrogens with zero attached hydrogens (tertiary/aromatic N) is 2. The first-order valence-electron chi connectivity index (χ1n) is 10.2. The average molecular weight is 358 g/mol. The molecule has 0 spiro atoms. The maximum absolute atomic E-state index is 12.6. The number of aromatic nitrogens is 1. The smallest absolute Gasteiger partial charge is 0.222 e. The lowest BCUT2D eigenvalue weighted by Gasteiger charge is -2.36. The first-order chi connectivity index (χ1) is 12.6. The monoisotopic (exact) mass is 358 g/mol. The van der Waals surface area contributed by atoms with Gasteiger partial charge in [0.1, 0.15) is 0 Å². The summed E-state index contributed by atoms with van der Waals surface area (Å²) in [5.74, 6) is 1.31. The molecule has 2 N–H and O–H groups in total. The van der Waals surface area contributed by atoms with Crippen molar-refractivity contribution in [2.45, 2.75) is 70.8 Å². The molecule has 1 amide bonds. The van der Waals surface area contributed by atoms with Crippen LogP contribution < -0.4 is 0 Å². The zero-order valence-corrected chi connectivity index (χ0v) is 15.5. The Morgan fingerprint density at radius 1 is 1.08 bits per heavy atom. The zero-order chi connectivity index (χ0) is 18.1. The first-order valence-corrected chi connectivity index (χ1v) is 10.2. The van der Waals surface area contributed by atoms with E-state index in [2.05, 4.69) is 6.08 Å². The second-order valence-corrected chi connectivity index (χ2v) is 8.08. The summed E-state index contributed by atoms with van der Waals surface area (Å²) < 4.78 is 1.60. The van der Waals surface area contributed by atoms with Crippen LogP contribution in [0.15, 0.2) is 11.6 Å². The van der Waals surface area contributed by atoms with Crippen molar-refractivity contribution >= 4 is 5.91 Å². The van der Waals surface area contributed by atoms with E-state index in [1.165, 1.54) is 18.4 Å². The van der Waals surface area contributed by atoms with E-state index in [1.807, 2.05) is 4.90 Å². The Hall–Kier alpha value is -1.91. The van der Waals surface area contributed by atoms with Crippen LogP contribution >= 0.6 is 0 Å². The van der Waals surface area contributed by atoms with Crippen LogP contribution in [-0.2, 0) is 24.2 Å². The Morgan fingerprint density at radius 3 is 2.54 bits per heavy atom. The van der Waals surface area contributed by atoms with Gasteiger partial charge in [0.15, 0.2) is 11.8 Å². The van der Waals surface area contributed by atoms with Crippen molar-refractivity contribution in [3.63, 3.8) is 0 Å². The molecule has 1 fully saturated rings. The van der Waals surface area contributed by atoms with Crippen LogP contribution in [0.2, 0.25) is 0 Å². The molecule has 142 valence electrons. The predicted molar refractivity (Wildman–Crippen MR) is 100 cm³/mol. The number of carbonyl (C=O) groups excluding carboxylic acids is 1. The number of carbonyl (C=O) groups is 1. The Morgan fingerprint density at radius 2 is 1.81 bits per heavy atom. The molecule has 26 heavy (non-hydrogen) atoms. The van der Waals surface area contributed by atoms with Crippen LogP contribution in [0.3, 0.4) is 0 Å². The van der Waals surface area contributed by atoms with E-state index in [9.17, 15) is 15.0 Å². The van der Waals surface area contributed by atoms with Gasteiger partial charge in [-0.05, 0) is 63.7 Å². The molecular formula is C21H30N2O3. The summed E-state index contributed by atoms with van der Waals surface area (Å²) >= 11 is 0. The molecule has 1 aromatic rings. The molecule has 2 heterocycles. The third-order valence-corrected chi connectivity index (χ3v) is 6.45. The standard InChI is InChI=1S/C21H30N2O3/c24-19(22-13-11-15-6-1-2-7-16(15)14-22)10-5-12-23-20(25)17-8-3-4-9-18(17)21(23)26/h7,15,25-26H,1-6,8-14H2. The van der Waals surface area contributed by atoms with E-state index in [4.69, 9.17) is 0 Å². The molecule has 1 atom stereocenters. The molecule has 0 aromatic carbocycles. The number of likely N-dealkylation sites (tertiary alicyclic amines) is 1. The van der Waals surface area contributed by atoms with E-state index in [0.717, 1.165) is 62.7 Å². The lowest BCUT2D eigenvalue weighted by atomic mass is 9.82. The second-order valence-electron chi connectivity index (χ2n) is 8.08. The van der Waals surface area contributed by atoms with Crippen molar-refractivity contribution in [1.29, 1.82) is 0 Å². The van der Waals surface area contributed by atoms with E-state index in [1.54, 1.807) is 4.57 Å². The van der Waals surface area contributed by atoms with Gasteiger partial charge >= 0.3 is 0 Å². The molecule has 3 aliphatic rings. The lowest BCUT2D eigenvalue weighted by molar-refractivity contribution is -0.131. The number of rotatable bonds is 4. The van der Waals surface area contributed by atoms with Gasteiger partial charge in [0.2, 0.25) is 5.91 Å². The van der Waals surface area contributed by atoms with E-state index >= 15 is 0 Å². The molecular weight excluding hydrogens is 328 g/mol. The van der Waals surface area contributed by atoms with Gasteiger partial charge in [0.25, 0.3) is 0 Å². The molecule has 1 aromatic heterocycles. The fourth-order valence-corrected chi connectivity index (χ4v) is 4.93. The van der Waals surface area contributed by atoms with Crippen molar-refractivity contribution in [1.82, 2.24) is 9.47 Å². The molecule has 1 aliphatic heterocycles. The average Bonchev–Trinajstić information content (AvgIpc) is 2.92. The summed E-state index contributed by atoms with van der Waals surface area (Å²) in [4.78, 5) is 14.6.